The van der Waals surface area contributed by atoms with Gasteiger partial charge >= 0.3 is 0 Å². The molecule has 0 bridgehead atoms. The summed E-state index contributed by atoms with van der Waals surface area (Å²) in [6.45, 7) is 1.80. The summed E-state index contributed by atoms with van der Waals surface area (Å²) < 4.78 is 29.1. The quantitative estimate of drug-likeness (QED) is 0.791. The number of likely N-dealkylation sites (N-methyl/N-ethyl adjacent to an activating group) is 1. The molecule has 1 atom stereocenters. The third-order valence-corrected chi connectivity index (χ3v) is 3.88. The largest absolute Gasteiger partial charge is 0.322 e. The Balaban J connectivity index is 2.20. The number of nitrogens with zero attached hydrogens (tertiary/aromatic N) is 3. The van der Waals surface area contributed by atoms with Crippen LogP contribution in [0.25, 0.3) is 11.0 Å². The number of fused-ring (bicyclic) bond motifs is 1. The molecule has 1 aliphatic rings. The Hall–Kier alpha value is -1.20. The fourth-order valence-electron chi connectivity index (χ4n) is 2.79. The number of halogens is 3. The number of aromatic nitrogens is 2. The predicted molar refractivity (Wildman–Crippen MR) is 70.4 cm³/mol. The Morgan fingerprint density at radius 1 is 1.42 bits per heavy atom. The molecule has 0 radical (unpaired) electrons. The molecule has 0 spiro atoms. The van der Waals surface area contributed by atoms with Gasteiger partial charge in [0, 0.05) is 18.7 Å². The van der Waals surface area contributed by atoms with Crippen molar-refractivity contribution in [2.24, 2.45) is 0 Å². The number of hydrogen-bond donors (Lipinski definition) is 0. The second-order valence-electron chi connectivity index (χ2n) is 4.99. The van der Waals surface area contributed by atoms with Crippen LogP contribution in [0.1, 0.15) is 18.3 Å². The highest BCUT2D eigenvalue weighted by Gasteiger charge is 2.26. The first-order valence-electron chi connectivity index (χ1n) is 6.20. The van der Waals surface area contributed by atoms with Crippen LogP contribution in [0.5, 0.6) is 0 Å². The van der Waals surface area contributed by atoms with Crippen LogP contribution >= 0.6 is 11.6 Å². The van der Waals surface area contributed by atoms with E-state index in [2.05, 4.69) is 9.88 Å². The summed E-state index contributed by atoms with van der Waals surface area (Å²) in [6.07, 6.45) is 0.935. The molecule has 1 aromatic heterocycles. The Morgan fingerprint density at radius 3 is 2.84 bits per heavy atom. The molecule has 6 heteroatoms. The lowest BCUT2D eigenvalue weighted by Crippen LogP contribution is -2.17. The molecule has 1 fully saturated rings. The maximum absolute atomic E-state index is 13.8. The van der Waals surface area contributed by atoms with E-state index in [-0.39, 0.29) is 17.4 Å². The van der Waals surface area contributed by atoms with Gasteiger partial charge < -0.3 is 9.47 Å². The van der Waals surface area contributed by atoms with E-state index in [0.717, 1.165) is 25.6 Å². The van der Waals surface area contributed by atoms with E-state index in [1.54, 1.807) is 0 Å². The van der Waals surface area contributed by atoms with Crippen molar-refractivity contribution in [3.8, 4) is 0 Å². The van der Waals surface area contributed by atoms with E-state index in [1.807, 2.05) is 11.6 Å². The van der Waals surface area contributed by atoms with Gasteiger partial charge in [-0.1, -0.05) is 0 Å². The van der Waals surface area contributed by atoms with Crippen molar-refractivity contribution in [1.82, 2.24) is 14.5 Å². The fraction of sp³-hybridized carbons (Fsp3) is 0.462. The number of benzene rings is 1. The summed E-state index contributed by atoms with van der Waals surface area (Å²) in [7, 11) is 2.03. The molecule has 3 nitrogen and oxygen atoms in total. The smallest absolute Gasteiger partial charge is 0.153 e. The van der Waals surface area contributed by atoms with Crippen LogP contribution < -0.4 is 0 Å². The van der Waals surface area contributed by atoms with Gasteiger partial charge in [-0.15, -0.1) is 11.6 Å². The maximum Gasteiger partial charge on any atom is 0.153 e. The Bertz CT molecular complexity index is 626. The second-order valence-corrected chi connectivity index (χ2v) is 5.26. The van der Waals surface area contributed by atoms with E-state index < -0.39 is 11.6 Å². The van der Waals surface area contributed by atoms with Gasteiger partial charge in [-0.25, -0.2) is 13.8 Å². The molecule has 0 amide bonds. The van der Waals surface area contributed by atoms with Gasteiger partial charge in [0.15, 0.2) is 5.82 Å². The van der Waals surface area contributed by atoms with Crippen LogP contribution in [0.2, 0.25) is 0 Å². The van der Waals surface area contributed by atoms with Crippen LogP contribution in [0, 0.1) is 11.6 Å². The SMILES string of the molecule is CN1CCC(n2c(CCl)nc3c(F)cc(F)cc32)C1. The minimum Gasteiger partial charge on any atom is -0.322 e. The molecule has 102 valence electrons. The summed E-state index contributed by atoms with van der Waals surface area (Å²) in [5.74, 6) is -0.428. The van der Waals surface area contributed by atoms with Crippen LogP contribution in [0.4, 0.5) is 8.78 Å². The summed E-state index contributed by atoms with van der Waals surface area (Å²) in [5, 5.41) is 0. The predicted octanol–water partition coefficient (Wildman–Crippen LogP) is 2.93. The van der Waals surface area contributed by atoms with E-state index >= 15 is 0 Å². The number of rotatable bonds is 2. The molecule has 0 saturated carbocycles. The van der Waals surface area contributed by atoms with Crippen LogP contribution in [-0.2, 0) is 5.88 Å². The topological polar surface area (TPSA) is 21.1 Å². The Morgan fingerprint density at radius 2 is 2.21 bits per heavy atom. The zero-order chi connectivity index (χ0) is 13.6. The second kappa shape index (κ2) is 4.72. The average molecular weight is 286 g/mol. The third kappa shape index (κ3) is 2.11. The summed E-state index contributed by atoms with van der Waals surface area (Å²) >= 11 is 5.90. The van der Waals surface area contributed by atoms with Crippen molar-refractivity contribution in [1.29, 1.82) is 0 Å². The lowest BCUT2D eigenvalue weighted by molar-refractivity contribution is 0.393. The van der Waals surface area contributed by atoms with Crippen molar-refractivity contribution >= 4 is 22.6 Å². The van der Waals surface area contributed by atoms with Crippen molar-refractivity contribution in [3.05, 3.63) is 29.6 Å². The molecule has 2 aromatic rings. The molecule has 1 aromatic carbocycles. The van der Waals surface area contributed by atoms with Crippen LogP contribution in [0.3, 0.4) is 0 Å². The molecular weight excluding hydrogens is 272 g/mol. The first-order valence-corrected chi connectivity index (χ1v) is 6.74. The van der Waals surface area contributed by atoms with Gasteiger partial charge in [0.1, 0.15) is 17.2 Å². The third-order valence-electron chi connectivity index (χ3n) is 3.64. The van der Waals surface area contributed by atoms with Crippen molar-refractivity contribution in [2.45, 2.75) is 18.3 Å². The summed E-state index contributed by atoms with van der Waals surface area (Å²) in [4.78, 5) is 6.40. The Kier molecular flexibility index (Phi) is 3.19. The lowest BCUT2D eigenvalue weighted by Gasteiger charge is -2.16. The monoisotopic (exact) mass is 285 g/mol. The average Bonchev–Trinajstić information content (AvgIpc) is 2.92. The van der Waals surface area contributed by atoms with Crippen molar-refractivity contribution in [2.75, 3.05) is 20.1 Å². The van der Waals surface area contributed by atoms with Gasteiger partial charge in [0.25, 0.3) is 0 Å². The summed E-state index contributed by atoms with van der Waals surface area (Å²) in [5.41, 5.74) is 0.694. The normalized spacial score (nSPS) is 20.5. The molecule has 1 unspecified atom stereocenters. The standard InChI is InChI=1S/C13H14ClF2N3/c1-18-3-2-9(7-18)19-11-5-8(15)4-10(16)13(11)17-12(19)6-14/h4-5,9H,2-3,6-7H2,1H3. The van der Waals surface area contributed by atoms with E-state index in [9.17, 15) is 8.78 Å². The van der Waals surface area contributed by atoms with Gasteiger partial charge in [-0.2, -0.15) is 0 Å². The molecule has 0 aliphatic carbocycles. The Labute approximate surface area is 114 Å². The van der Waals surface area contributed by atoms with Crippen LogP contribution in [-0.4, -0.2) is 34.6 Å². The zero-order valence-electron chi connectivity index (χ0n) is 10.5. The maximum atomic E-state index is 13.8. The van der Waals surface area contributed by atoms with Gasteiger partial charge in [-0.3, -0.25) is 0 Å². The van der Waals surface area contributed by atoms with E-state index in [0.29, 0.717) is 11.3 Å². The highest BCUT2D eigenvalue weighted by Crippen LogP contribution is 2.29. The van der Waals surface area contributed by atoms with Gasteiger partial charge in [0.05, 0.1) is 11.4 Å². The molecule has 19 heavy (non-hydrogen) atoms. The number of likely N-dealkylation sites (tertiary alicyclic amines) is 1. The van der Waals surface area contributed by atoms with E-state index in [1.165, 1.54) is 6.07 Å². The molecule has 1 saturated heterocycles. The molecule has 2 heterocycles. The minimum absolute atomic E-state index is 0.171. The summed E-state index contributed by atoms with van der Waals surface area (Å²) in [6, 6.07) is 2.36. The number of hydrogen-bond acceptors (Lipinski definition) is 2. The zero-order valence-corrected chi connectivity index (χ0v) is 11.3. The minimum atomic E-state index is -0.633. The lowest BCUT2D eigenvalue weighted by atomic mass is 10.2. The van der Waals surface area contributed by atoms with Crippen molar-refractivity contribution < 1.29 is 8.78 Å². The highest BCUT2D eigenvalue weighted by molar-refractivity contribution is 6.16. The molecular formula is C13H14ClF2N3. The van der Waals surface area contributed by atoms with Crippen LogP contribution in [0.15, 0.2) is 12.1 Å². The molecule has 3 rings (SSSR count). The molecule has 1 aliphatic heterocycles. The first-order chi connectivity index (χ1) is 9.10. The number of alkyl halides is 1. The number of imidazole rings is 1. The van der Waals surface area contributed by atoms with E-state index in [4.69, 9.17) is 11.6 Å². The highest BCUT2D eigenvalue weighted by atomic mass is 35.5. The molecule has 0 N–H and O–H groups in total. The first kappa shape index (κ1) is 12.8. The van der Waals surface area contributed by atoms with Crippen molar-refractivity contribution in [3.63, 3.8) is 0 Å². The van der Waals surface area contributed by atoms with Gasteiger partial charge in [0.2, 0.25) is 0 Å². The fourth-order valence-corrected chi connectivity index (χ4v) is 2.98. The van der Waals surface area contributed by atoms with Gasteiger partial charge in [-0.05, 0) is 26.1 Å².